The molecule has 5 heteroatoms. The maximum atomic E-state index is 12.0. The van der Waals surface area contributed by atoms with Gasteiger partial charge in [0.15, 0.2) is 0 Å². The summed E-state index contributed by atoms with van der Waals surface area (Å²) in [6.45, 7) is 14.4. The molecule has 1 aliphatic rings. The SMILES string of the molecule is CCC1CCCN(C(C)(C)CNC(=O)NCC(C)(C)CCO)C1. The fourth-order valence-corrected chi connectivity index (χ4v) is 3.13. The van der Waals surface area contributed by atoms with Crippen LogP contribution >= 0.6 is 0 Å². The molecule has 1 saturated heterocycles. The molecular formula is C18H37N3O2. The van der Waals surface area contributed by atoms with E-state index >= 15 is 0 Å². The van der Waals surface area contributed by atoms with Crippen LogP contribution in [0.4, 0.5) is 4.79 Å². The molecule has 136 valence electrons. The van der Waals surface area contributed by atoms with Crippen molar-refractivity contribution >= 4 is 6.03 Å². The van der Waals surface area contributed by atoms with Gasteiger partial charge < -0.3 is 15.7 Å². The number of likely N-dealkylation sites (tertiary alicyclic amines) is 1. The number of rotatable bonds is 8. The highest BCUT2D eigenvalue weighted by atomic mass is 16.3. The minimum atomic E-state index is -0.117. The Balaban J connectivity index is 2.38. The van der Waals surface area contributed by atoms with Crippen LogP contribution in [0.5, 0.6) is 0 Å². The second kappa shape index (κ2) is 8.88. The van der Waals surface area contributed by atoms with Gasteiger partial charge in [0.2, 0.25) is 0 Å². The number of hydrogen-bond acceptors (Lipinski definition) is 3. The van der Waals surface area contributed by atoms with Crippen LogP contribution in [-0.2, 0) is 0 Å². The Morgan fingerprint density at radius 3 is 2.48 bits per heavy atom. The summed E-state index contributed by atoms with van der Waals surface area (Å²) >= 11 is 0. The van der Waals surface area contributed by atoms with Gasteiger partial charge in [-0.3, -0.25) is 4.90 Å². The molecule has 1 heterocycles. The molecule has 0 saturated carbocycles. The van der Waals surface area contributed by atoms with E-state index in [0.717, 1.165) is 19.0 Å². The van der Waals surface area contributed by atoms with Gasteiger partial charge in [-0.2, -0.15) is 0 Å². The molecule has 1 fully saturated rings. The number of urea groups is 1. The lowest BCUT2D eigenvalue weighted by molar-refractivity contribution is 0.0664. The Morgan fingerprint density at radius 1 is 1.22 bits per heavy atom. The average molecular weight is 328 g/mol. The summed E-state index contributed by atoms with van der Waals surface area (Å²) in [5.41, 5.74) is -0.103. The Labute approximate surface area is 142 Å². The smallest absolute Gasteiger partial charge is 0.314 e. The van der Waals surface area contributed by atoms with Crippen molar-refractivity contribution in [2.75, 3.05) is 32.8 Å². The number of carbonyl (C=O) groups is 1. The fourth-order valence-electron chi connectivity index (χ4n) is 3.13. The lowest BCUT2D eigenvalue weighted by Gasteiger charge is -2.43. The van der Waals surface area contributed by atoms with E-state index in [0.29, 0.717) is 19.5 Å². The van der Waals surface area contributed by atoms with Gasteiger partial charge in [-0.25, -0.2) is 4.79 Å². The van der Waals surface area contributed by atoms with E-state index in [1.807, 2.05) is 13.8 Å². The molecule has 5 nitrogen and oxygen atoms in total. The zero-order valence-electron chi connectivity index (χ0n) is 15.7. The second-order valence-electron chi connectivity index (χ2n) is 8.35. The lowest BCUT2D eigenvalue weighted by atomic mass is 9.90. The van der Waals surface area contributed by atoms with Crippen molar-refractivity contribution in [3.05, 3.63) is 0 Å². The topological polar surface area (TPSA) is 64.6 Å². The number of nitrogens with one attached hydrogen (secondary N) is 2. The molecular weight excluding hydrogens is 290 g/mol. The number of carbonyl (C=O) groups excluding carboxylic acids is 1. The largest absolute Gasteiger partial charge is 0.396 e. The van der Waals surface area contributed by atoms with E-state index in [2.05, 4.69) is 36.3 Å². The third-order valence-electron chi connectivity index (χ3n) is 5.15. The van der Waals surface area contributed by atoms with E-state index in [1.54, 1.807) is 0 Å². The average Bonchev–Trinajstić information content (AvgIpc) is 2.51. The standard InChI is InChI=1S/C18H37N3O2/c1-6-15-8-7-10-21(12-15)18(4,5)14-20-16(23)19-13-17(2,3)9-11-22/h15,22H,6-14H2,1-5H3,(H2,19,20,23). The number of nitrogens with zero attached hydrogens (tertiary/aromatic N) is 1. The molecule has 1 unspecified atom stereocenters. The van der Waals surface area contributed by atoms with Gasteiger partial charge in [-0.15, -0.1) is 0 Å². The normalized spacial score (nSPS) is 20.3. The molecule has 1 atom stereocenters. The van der Waals surface area contributed by atoms with Gasteiger partial charge in [0.1, 0.15) is 0 Å². The summed E-state index contributed by atoms with van der Waals surface area (Å²) in [7, 11) is 0. The molecule has 3 N–H and O–H groups in total. The first kappa shape index (κ1) is 20.2. The van der Waals surface area contributed by atoms with E-state index in [-0.39, 0.29) is 23.6 Å². The van der Waals surface area contributed by atoms with Crippen LogP contribution < -0.4 is 10.6 Å². The first-order valence-corrected chi connectivity index (χ1v) is 9.08. The van der Waals surface area contributed by atoms with E-state index in [4.69, 9.17) is 5.11 Å². The van der Waals surface area contributed by atoms with Crippen molar-refractivity contribution in [1.29, 1.82) is 0 Å². The molecule has 0 aromatic rings. The van der Waals surface area contributed by atoms with Gasteiger partial charge in [-0.05, 0) is 51.0 Å². The number of amides is 2. The van der Waals surface area contributed by atoms with Crippen molar-refractivity contribution in [3.63, 3.8) is 0 Å². The van der Waals surface area contributed by atoms with E-state index in [1.165, 1.54) is 19.3 Å². The highest BCUT2D eigenvalue weighted by molar-refractivity contribution is 5.73. The summed E-state index contributed by atoms with van der Waals surface area (Å²) in [5.74, 6) is 0.788. The van der Waals surface area contributed by atoms with Crippen LogP contribution in [-0.4, -0.2) is 54.4 Å². The third kappa shape index (κ3) is 7.08. The van der Waals surface area contributed by atoms with Gasteiger partial charge >= 0.3 is 6.03 Å². The quantitative estimate of drug-likeness (QED) is 0.642. The molecule has 0 spiro atoms. The van der Waals surface area contributed by atoms with Crippen molar-refractivity contribution in [3.8, 4) is 0 Å². The molecule has 0 aromatic heterocycles. The van der Waals surface area contributed by atoms with Crippen LogP contribution in [0.15, 0.2) is 0 Å². The van der Waals surface area contributed by atoms with Gasteiger partial charge in [0.05, 0.1) is 0 Å². The molecule has 1 aliphatic heterocycles. The Kier molecular flexibility index (Phi) is 7.81. The van der Waals surface area contributed by atoms with Crippen molar-refractivity contribution < 1.29 is 9.90 Å². The first-order valence-electron chi connectivity index (χ1n) is 9.08. The highest BCUT2D eigenvalue weighted by Crippen LogP contribution is 2.25. The molecule has 0 aromatic carbocycles. The first-order chi connectivity index (χ1) is 10.7. The maximum absolute atomic E-state index is 12.0. The summed E-state index contributed by atoms with van der Waals surface area (Å²) in [6.07, 6.45) is 4.51. The lowest BCUT2D eigenvalue weighted by Crippen LogP contribution is -2.56. The monoisotopic (exact) mass is 327 g/mol. The zero-order chi connectivity index (χ0) is 17.5. The Bertz CT molecular complexity index is 369. The van der Waals surface area contributed by atoms with Crippen LogP contribution in [0.2, 0.25) is 0 Å². The van der Waals surface area contributed by atoms with Crippen LogP contribution in [0.1, 0.15) is 60.3 Å². The Morgan fingerprint density at radius 2 is 1.87 bits per heavy atom. The van der Waals surface area contributed by atoms with Gasteiger partial charge in [0, 0.05) is 31.8 Å². The molecule has 23 heavy (non-hydrogen) atoms. The number of aliphatic hydroxyl groups excluding tert-OH is 1. The molecule has 0 bridgehead atoms. The molecule has 2 amide bonds. The second-order valence-corrected chi connectivity index (χ2v) is 8.35. The summed E-state index contributed by atoms with van der Waals surface area (Å²) in [4.78, 5) is 14.6. The number of piperidine rings is 1. The molecule has 1 rings (SSSR count). The van der Waals surface area contributed by atoms with Crippen molar-refractivity contribution in [2.24, 2.45) is 11.3 Å². The van der Waals surface area contributed by atoms with Crippen LogP contribution in [0, 0.1) is 11.3 Å². The predicted molar refractivity (Wildman–Crippen MR) is 95.6 cm³/mol. The third-order valence-corrected chi connectivity index (χ3v) is 5.15. The fraction of sp³-hybridized carbons (Fsp3) is 0.944. The van der Waals surface area contributed by atoms with Gasteiger partial charge in [0.25, 0.3) is 0 Å². The minimum absolute atomic E-state index is 0.0220. The Hall–Kier alpha value is -0.810. The van der Waals surface area contributed by atoms with Gasteiger partial charge in [-0.1, -0.05) is 27.2 Å². The van der Waals surface area contributed by atoms with Crippen molar-refractivity contribution in [2.45, 2.75) is 65.8 Å². The number of aliphatic hydroxyl groups is 1. The highest BCUT2D eigenvalue weighted by Gasteiger charge is 2.31. The van der Waals surface area contributed by atoms with E-state index in [9.17, 15) is 4.79 Å². The molecule has 0 radical (unpaired) electrons. The molecule has 0 aliphatic carbocycles. The minimum Gasteiger partial charge on any atom is -0.396 e. The summed E-state index contributed by atoms with van der Waals surface area (Å²) in [6, 6.07) is -0.117. The van der Waals surface area contributed by atoms with Crippen LogP contribution in [0.3, 0.4) is 0 Å². The summed E-state index contributed by atoms with van der Waals surface area (Å²) < 4.78 is 0. The maximum Gasteiger partial charge on any atom is 0.314 e. The number of hydrogen-bond donors (Lipinski definition) is 3. The predicted octanol–water partition coefficient (Wildman–Crippen LogP) is 2.59. The zero-order valence-corrected chi connectivity index (χ0v) is 15.7. The van der Waals surface area contributed by atoms with E-state index < -0.39 is 0 Å². The van der Waals surface area contributed by atoms with Crippen molar-refractivity contribution in [1.82, 2.24) is 15.5 Å². The van der Waals surface area contributed by atoms with Crippen LogP contribution in [0.25, 0.3) is 0 Å². The summed E-state index contributed by atoms with van der Waals surface area (Å²) in [5, 5.41) is 15.0.